The van der Waals surface area contributed by atoms with Crippen molar-refractivity contribution in [3.63, 3.8) is 0 Å². The number of para-hydroxylation sites is 2. The van der Waals surface area contributed by atoms with Crippen LogP contribution >= 0.6 is 0 Å². The molecule has 0 saturated carbocycles. The van der Waals surface area contributed by atoms with Gasteiger partial charge in [0.25, 0.3) is 0 Å². The molecule has 0 unspecified atom stereocenters. The fraction of sp³-hybridized carbons (Fsp3) is 0.400. The molecule has 0 aliphatic carbocycles. The molecule has 0 heterocycles. The van der Waals surface area contributed by atoms with Crippen LogP contribution in [-0.2, 0) is 5.41 Å². The molecule has 0 aliphatic rings. The quantitative estimate of drug-likeness (QED) is 0.674. The predicted octanol–water partition coefficient (Wildman–Crippen LogP) is 5.37. The highest BCUT2D eigenvalue weighted by Gasteiger charge is 2.32. The Bertz CT molecular complexity index is 559. The first-order valence-corrected chi connectivity index (χ1v) is 8.16. The highest BCUT2D eigenvalue weighted by Crippen LogP contribution is 2.44. The molecule has 0 saturated heterocycles. The van der Waals surface area contributed by atoms with E-state index in [1.807, 2.05) is 36.4 Å². The van der Waals surface area contributed by atoms with E-state index in [0.29, 0.717) is 11.5 Å². The van der Waals surface area contributed by atoms with E-state index in [1.165, 1.54) is 19.3 Å². The zero-order valence-electron chi connectivity index (χ0n) is 13.5. The third-order valence-electron chi connectivity index (χ3n) is 4.53. The molecule has 2 heteroatoms. The highest BCUT2D eigenvalue weighted by atomic mass is 16.3. The molecule has 0 aliphatic heterocycles. The molecular formula is C20H26O2. The number of hydrogen-bond acceptors (Lipinski definition) is 2. The minimum Gasteiger partial charge on any atom is -0.508 e. The van der Waals surface area contributed by atoms with Gasteiger partial charge in [0.05, 0.1) is 0 Å². The Labute approximate surface area is 133 Å². The lowest BCUT2D eigenvalue weighted by molar-refractivity contribution is 0.404. The average molecular weight is 298 g/mol. The predicted molar refractivity (Wildman–Crippen MR) is 91.4 cm³/mol. The van der Waals surface area contributed by atoms with Gasteiger partial charge in [-0.3, -0.25) is 0 Å². The summed E-state index contributed by atoms with van der Waals surface area (Å²) >= 11 is 0. The second-order valence-corrected chi connectivity index (χ2v) is 6.18. The largest absolute Gasteiger partial charge is 0.508 e. The van der Waals surface area contributed by atoms with Crippen LogP contribution in [0.25, 0.3) is 0 Å². The number of benzene rings is 2. The van der Waals surface area contributed by atoms with Crippen molar-refractivity contribution in [1.29, 1.82) is 0 Å². The Kier molecular flexibility index (Phi) is 5.48. The van der Waals surface area contributed by atoms with Crippen molar-refractivity contribution in [2.45, 2.75) is 51.4 Å². The number of aromatic hydroxyl groups is 2. The van der Waals surface area contributed by atoms with Gasteiger partial charge in [-0.15, -0.1) is 0 Å². The molecule has 118 valence electrons. The van der Waals surface area contributed by atoms with Crippen molar-refractivity contribution in [2.75, 3.05) is 0 Å². The van der Waals surface area contributed by atoms with Crippen molar-refractivity contribution in [2.24, 2.45) is 0 Å². The summed E-state index contributed by atoms with van der Waals surface area (Å²) in [5.74, 6) is 0.590. The van der Waals surface area contributed by atoms with Gasteiger partial charge in [0.15, 0.2) is 0 Å². The summed E-state index contributed by atoms with van der Waals surface area (Å²) in [7, 11) is 0. The van der Waals surface area contributed by atoms with Crippen molar-refractivity contribution in [3.05, 3.63) is 59.7 Å². The Morgan fingerprint density at radius 3 is 1.73 bits per heavy atom. The maximum atomic E-state index is 10.3. The fourth-order valence-corrected chi connectivity index (χ4v) is 3.20. The van der Waals surface area contributed by atoms with E-state index in [1.54, 1.807) is 12.1 Å². The van der Waals surface area contributed by atoms with E-state index in [9.17, 15) is 10.2 Å². The molecular weight excluding hydrogens is 272 g/mol. The van der Waals surface area contributed by atoms with Crippen LogP contribution in [0.2, 0.25) is 0 Å². The third-order valence-corrected chi connectivity index (χ3v) is 4.53. The van der Waals surface area contributed by atoms with Gasteiger partial charge in [0.2, 0.25) is 0 Å². The Hall–Kier alpha value is -1.96. The minimum absolute atomic E-state index is 0.295. The standard InChI is InChI=1S/C20H26O2/c1-3-4-5-10-15-20(2,16-11-6-8-13-18(16)21)17-12-7-9-14-19(17)22/h6-9,11-14,21-22H,3-5,10,15H2,1-2H3. The second kappa shape index (κ2) is 7.35. The van der Waals surface area contributed by atoms with E-state index >= 15 is 0 Å². The molecule has 2 aromatic rings. The van der Waals surface area contributed by atoms with Crippen LogP contribution in [-0.4, -0.2) is 10.2 Å². The van der Waals surface area contributed by atoms with E-state index in [2.05, 4.69) is 13.8 Å². The summed E-state index contributed by atoms with van der Waals surface area (Å²) in [5, 5.41) is 20.6. The molecule has 0 spiro atoms. The first-order chi connectivity index (χ1) is 10.6. The smallest absolute Gasteiger partial charge is 0.119 e. The van der Waals surface area contributed by atoms with Gasteiger partial charge in [-0.1, -0.05) is 75.9 Å². The van der Waals surface area contributed by atoms with Gasteiger partial charge >= 0.3 is 0 Å². The molecule has 0 radical (unpaired) electrons. The van der Waals surface area contributed by atoms with Gasteiger partial charge in [0.1, 0.15) is 11.5 Å². The Morgan fingerprint density at radius 1 is 0.773 bits per heavy atom. The van der Waals surface area contributed by atoms with E-state index in [0.717, 1.165) is 24.0 Å². The molecule has 0 fully saturated rings. The van der Waals surface area contributed by atoms with Crippen molar-refractivity contribution in [1.82, 2.24) is 0 Å². The van der Waals surface area contributed by atoms with Gasteiger partial charge in [-0.25, -0.2) is 0 Å². The summed E-state index contributed by atoms with van der Waals surface area (Å²) in [6.07, 6.45) is 5.57. The van der Waals surface area contributed by atoms with E-state index in [4.69, 9.17) is 0 Å². The Morgan fingerprint density at radius 2 is 1.27 bits per heavy atom. The molecule has 22 heavy (non-hydrogen) atoms. The van der Waals surface area contributed by atoms with Crippen LogP contribution in [0, 0.1) is 0 Å². The highest BCUT2D eigenvalue weighted by molar-refractivity contribution is 5.50. The van der Waals surface area contributed by atoms with Crippen LogP contribution in [0.3, 0.4) is 0 Å². The molecule has 2 aromatic carbocycles. The Balaban J connectivity index is 2.41. The SMILES string of the molecule is CCCCCCC(C)(c1ccccc1O)c1ccccc1O. The van der Waals surface area contributed by atoms with E-state index < -0.39 is 0 Å². The molecule has 0 atom stereocenters. The van der Waals surface area contributed by atoms with Crippen LogP contribution in [0.5, 0.6) is 11.5 Å². The van der Waals surface area contributed by atoms with Gasteiger partial charge < -0.3 is 10.2 Å². The molecule has 2 N–H and O–H groups in total. The lowest BCUT2D eigenvalue weighted by Gasteiger charge is -2.32. The number of hydrogen-bond donors (Lipinski definition) is 2. The maximum absolute atomic E-state index is 10.3. The normalized spacial score (nSPS) is 11.5. The monoisotopic (exact) mass is 298 g/mol. The molecule has 2 rings (SSSR count). The number of unbranched alkanes of at least 4 members (excludes halogenated alkanes) is 3. The van der Waals surface area contributed by atoms with Crippen LogP contribution in [0.15, 0.2) is 48.5 Å². The van der Waals surface area contributed by atoms with Crippen LogP contribution in [0.4, 0.5) is 0 Å². The average Bonchev–Trinajstić information content (AvgIpc) is 2.52. The lowest BCUT2D eigenvalue weighted by atomic mass is 9.72. The summed E-state index contributed by atoms with van der Waals surface area (Å²) in [5.41, 5.74) is 1.38. The zero-order valence-corrected chi connectivity index (χ0v) is 13.5. The van der Waals surface area contributed by atoms with E-state index in [-0.39, 0.29) is 5.41 Å². The first kappa shape index (κ1) is 16.4. The second-order valence-electron chi connectivity index (χ2n) is 6.18. The summed E-state index contributed by atoms with van der Waals surface area (Å²) in [4.78, 5) is 0. The topological polar surface area (TPSA) is 40.5 Å². The number of phenolic OH excluding ortho intramolecular Hbond substituents is 2. The molecule has 2 nitrogen and oxygen atoms in total. The van der Waals surface area contributed by atoms with Crippen molar-refractivity contribution in [3.8, 4) is 11.5 Å². The van der Waals surface area contributed by atoms with Gasteiger partial charge in [-0.05, 0) is 18.6 Å². The number of rotatable bonds is 7. The van der Waals surface area contributed by atoms with Crippen LogP contribution < -0.4 is 0 Å². The van der Waals surface area contributed by atoms with Gasteiger partial charge in [0, 0.05) is 16.5 Å². The first-order valence-electron chi connectivity index (χ1n) is 8.16. The zero-order chi connectivity index (χ0) is 16.0. The van der Waals surface area contributed by atoms with Crippen molar-refractivity contribution >= 4 is 0 Å². The third kappa shape index (κ3) is 3.44. The summed E-state index contributed by atoms with van der Waals surface area (Å²) in [6.45, 7) is 4.31. The summed E-state index contributed by atoms with van der Waals surface area (Å²) in [6, 6.07) is 14.9. The van der Waals surface area contributed by atoms with Crippen LogP contribution in [0.1, 0.15) is 57.1 Å². The maximum Gasteiger partial charge on any atom is 0.119 e. The molecule has 0 amide bonds. The molecule has 0 aromatic heterocycles. The van der Waals surface area contributed by atoms with Gasteiger partial charge in [-0.2, -0.15) is 0 Å². The summed E-state index contributed by atoms with van der Waals surface area (Å²) < 4.78 is 0. The minimum atomic E-state index is -0.384. The van der Waals surface area contributed by atoms with Crippen molar-refractivity contribution < 1.29 is 10.2 Å². The molecule has 0 bridgehead atoms. The number of phenols is 2. The fourth-order valence-electron chi connectivity index (χ4n) is 3.20. The lowest BCUT2D eigenvalue weighted by Crippen LogP contribution is -2.24.